The molecule has 1 aromatic rings. The van der Waals surface area contributed by atoms with Gasteiger partial charge in [0.15, 0.2) is 0 Å². The Balaban J connectivity index is 2.16. The molecular weight excluding hydrogens is 184 g/mol. The Hall–Kier alpha value is -1.11. The van der Waals surface area contributed by atoms with Gasteiger partial charge >= 0.3 is 0 Å². The third-order valence-electron chi connectivity index (χ3n) is 4.14. The van der Waals surface area contributed by atoms with Crippen LogP contribution in [0.5, 0.6) is 0 Å². The molecule has 0 radical (unpaired) electrons. The van der Waals surface area contributed by atoms with Gasteiger partial charge in [0.25, 0.3) is 0 Å². The monoisotopic (exact) mass is 200 g/mol. The van der Waals surface area contributed by atoms with Crippen molar-refractivity contribution >= 4 is 5.78 Å². The highest BCUT2D eigenvalue weighted by molar-refractivity contribution is 5.93. The third-order valence-corrected chi connectivity index (χ3v) is 4.14. The number of carbonyl (C=O) groups excluding carboxylic acids is 1. The molecule has 0 aliphatic heterocycles. The molecule has 0 amide bonds. The van der Waals surface area contributed by atoms with Crippen molar-refractivity contribution in [3.8, 4) is 0 Å². The van der Waals surface area contributed by atoms with Crippen molar-refractivity contribution in [3.63, 3.8) is 0 Å². The minimum absolute atomic E-state index is 0.0543. The second-order valence-corrected chi connectivity index (χ2v) is 5.02. The summed E-state index contributed by atoms with van der Waals surface area (Å²) in [7, 11) is 0. The molecule has 0 aromatic heterocycles. The van der Waals surface area contributed by atoms with E-state index in [9.17, 15) is 4.79 Å². The molecule has 1 saturated carbocycles. The van der Waals surface area contributed by atoms with Crippen LogP contribution in [0.2, 0.25) is 0 Å². The van der Waals surface area contributed by atoms with Crippen LogP contribution in [0.1, 0.15) is 42.4 Å². The van der Waals surface area contributed by atoms with Crippen LogP contribution in [0.3, 0.4) is 0 Å². The number of hydrogen-bond donors (Lipinski definition) is 0. The van der Waals surface area contributed by atoms with E-state index >= 15 is 0 Å². The fourth-order valence-corrected chi connectivity index (χ4v) is 3.11. The van der Waals surface area contributed by atoms with Gasteiger partial charge in [0.2, 0.25) is 0 Å². The maximum absolute atomic E-state index is 12.0. The van der Waals surface area contributed by atoms with Crippen molar-refractivity contribution in [2.75, 3.05) is 0 Å². The molecule has 3 rings (SSSR count). The molecule has 1 spiro atoms. The van der Waals surface area contributed by atoms with E-state index in [0.29, 0.717) is 5.78 Å². The second-order valence-electron chi connectivity index (χ2n) is 5.02. The van der Waals surface area contributed by atoms with Crippen LogP contribution < -0.4 is 0 Å². The molecule has 2 aliphatic carbocycles. The summed E-state index contributed by atoms with van der Waals surface area (Å²) in [5, 5.41) is 0. The highest BCUT2D eigenvalue weighted by Crippen LogP contribution is 2.49. The normalized spacial score (nSPS) is 22.3. The van der Waals surface area contributed by atoms with Gasteiger partial charge in [-0.2, -0.15) is 0 Å². The van der Waals surface area contributed by atoms with Gasteiger partial charge in [-0.05, 0) is 37.3 Å². The van der Waals surface area contributed by atoms with E-state index in [4.69, 9.17) is 0 Å². The topological polar surface area (TPSA) is 17.1 Å². The zero-order valence-corrected chi connectivity index (χ0v) is 9.18. The Labute approximate surface area is 90.5 Å². The smallest absolute Gasteiger partial charge is 0.143 e. The number of benzene rings is 1. The minimum atomic E-state index is -0.0543. The molecule has 0 heterocycles. The van der Waals surface area contributed by atoms with Gasteiger partial charge in [-0.1, -0.05) is 30.2 Å². The van der Waals surface area contributed by atoms with Crippen molar-refractivity contribution in [2.24, 2.45) is 0 Å². The Morgan fingerprint density at radius 2 is 2.00 bits per heavy atom. The quantitative estimate of drug-likeness (QED) is 0.629. The number of carbonyl (C=O) groups is 1. The molecule has 0 atom stereocenters. The van der Waals surface area contributed by atoms with E-state index in [2.05, 4.69) is 25.1 Å². The first-order valence-electron chi connectivity index (χ1n) is 5.86. The predicted octanol–water partition coefficient (Wildman–Crippen LogP) is 2.93. The van der Waals surface area contributed by atoms with Crippen molar-refractivity contribution < 1.29 is 4.79 Å². The Morgan fingerprint density at radius 3 is 2.67 bits per heavy atom. The summed E-state index contributed by atoms with van der Waals surface area (Å²) in [6.07, 6.45) is 5.11. The first-order chi connectivity index (χ1) is 7.22. The van der Waals surface area contributed by atoms with Gasteiger partial charge in [-0.25, -0.2) is 0 Å². The summed E-state index contributed by atoms with van der Waals surface area (Å²) in [6, 6.07) is 6.61. The minimum Gasteiger partial charge on any atom is -0.299 e. The van der Waals surface area contributed by atoms with Crippen LogP contribution in [-0.4, -0.2) is 5.78 Å². The first-order valence-corrected chi connectivity index (χ1v) is 5.86. The number of aryl methyl sites for hydroxylation is 2. The van der Waals surface area contributed by atoms with Crippen molar-refractivity contribution in [3.05, 3.63) is 34.9 Å². The van der Waals surface area contributed by atoms with E-state index in [1.54, 1.807) is 0 Å². The number of rotatable bonds is 0. The maximum Gasteiger partial charge on any atom is 0.143 e. The Bertz CT molecular complexity index is 427. The Morgan fingerprint density at radius 1 is 1.20 bits per heavy atom. The Kier molecular flexibility index (Phi) is 1.79. The standard InChI is InChI=1S/C14H16O/c1-10-3-5-12-11(9-10)4-6-13(15)14(12)7-2-8-14/h3,5,9H,2,4,6-8H2,1H3. The summed E-state index contributed by atoms with van der Waals surface area (Å²) in [4.78, 5) is 12.0. The highest BCUT2D eigenvalue weighted by Gasteiger charge is 2.47. The average Bonchev–Trinajstić information content (AvgIpc) is 2.15. The van der Waals surface area contributed by atoms with Crippen molar-refractivity contribution in [1.82, 2.24) is 0 Å². The van der Waals surface area contributed by atoms with Crippen LogP contribution in [0.15, 0.2) is 18.2 Å². The predicted molar refractivity (Wildman–Crippen MR) is 60.0 cm³/mol. The fourth-order valence-electron chi connectivity index (χ4n) is 3.11. The zero-order chi connectivity index (χ0) is 10.5. The first kappa shape index (κ1) is 9.14. The maximum atomic E-state index is 12.0. The molecule has 1 aromatic carbocycles. The van der Waals surface area contributed by atoms with Gasteiger partial charge in [0.1, 0.15) is 5.78 Å². The lowest BCUT2D eigenvalue weighted by Gasteiger charge is -2.44. The molecular formula is C14H16O. The SMILES string of the molecule is Cc1ccc2c(c1)CCC(=O)C21CCC1. The van der Waals surface area contributed by atoms with Gasteiger partial charge in [0.05, 0.1) is 5.41 Å². The van der Waals surface area contributed by atoms with Crippen molar-refractivity contribution in [2.45, 2.75) is 44.4 Å². The van der Waals surface area contributed by atoms with Crippen molar-refractivity contribution in [1.29, 1.82) is 0 Å². The van der Waals surface area contributed by atoms with Crippen LogP contribution in [-0.2, 0) is 16.6 Å². The number of hydrogen-bond acceptors (Lipinski definition) is 1. The van der Waals surface area contributed by atoms with Crippen LogP contribution in [0.25, 0.3) is 0 Å². The molecule has 0 unspecified atom stereocenters. The van der Waals surface area contributed by atoms with Gasteiger partial charge in [-0.3, -0.25) is 4.79 Å². The lowest BCUT2D eigenvalue weighted by molar-refractivity contribution is -0.128. The molecule has 15 heavy (non-hydrogen) atoms. The average molecular weight is 200 g/mol. The number of Topliss-reactive ketones (excluding diaryl/α,β-unsaturated/α-hetero) is 1. The lowest BCUT2D eigenvalue weighted by atomic mass is 9.57. The number of ketones is 1. The fraction of sp³-hybridized carbons (Fsp3) is 0.500. The molecule has 0 bridgehead atoms. The molecule has 1 fully saturated rings. The second kappa shape index (κ2) is 2.94. The van der Waals surface area contributed by atoms with Gasteiger partial charge in [0, 0.05) is 6.42 Å². The molecule has 2 aliphatic rings. The van der Waals surface area contributed by atoms with Crippen LogP contribution in [0.4, 0.5) is 0 Å². The van der Waals surface area contributed by atoms with E-state index < -0.39 is 0 Å². The number of fused-ring (bicyclic) bond motifs is 2. The zero-order valence-electron chi connectivity index (χ0n) is 9.18. The van der Waals surface area contributed by atoms with Crippen LogP contribution >= 0.6 is 0 Å². The highest BCUT2D eigenvalue weighted by atomic mass is 16.1. The summed E-state index contributed by atoms with van der Waals surface area (Å²) < 4.78 is 0. The molecule has 1 nitrogen and oxygen atoms in total. The summed E-state index contributed by atoms with van der Waals surface area (Å²) in [5.41, 5.74) is 4.03. The summed E-state index contributed by atoms with van der Waals surface area (Å²) in [5.74, 6) is 0.491. The molecule has 1 heteroatoms. The summed E-state index contributed by atoms with van der Waals surface area (Å²) in [6.45, 7) is 2.13. The summed E-state index contributed by atoms with van der Waals surface area (Å²) >= 11 is 0. The molecule has 78 valence electrons. The van der Waals surface area contributed by atoms with E-state index in [-0.39, 0.29) is 5.41 Å². The van der Waals surface area contributed by atoms with E-state index in [1.165, 1.54) is 23.1 Å². The lowest BCUT2D eigenvalue weighted by Crippen LogP contribution is -2.45. The third kappa shape index (κ3) is 1.12. The van der Waals surface area contributed by atoms with Gasteiger partial charge < -0.3 is 0 Å². The molecule has 0 saturated heterocycles. The molecule has 0 N–H and O–H groups in total. The largest absolute Gasteiger partial charge is 0.299 e. The van der Waals surface area contributed by atoms with Crippen LogP contribution in [0, 0.1) is 6.92 Å². The van der Waals surface area contributed by atoms with E-state index in [1.807, 2.05) is 0 Å². The van der Waals surface area contributed by atoms with E-state index in [0.717, 1.165) is 25.7 Å². The van der Waals surface area contributed by atoms with Gasteiger partial charge in [-0.15, -0.1) is 0 Å².